The summed E-state index contributed by atoms with van der Waals surface area (Å²) >= 11 is 5.33. The fourth-order valence-corrected chi connectivity index (χ4v) is 2.28. The number of benzene rings is 1. The number of hydrogen-bond donors (Lipinski definition) is 3. The van der Waals surface area contributed by atoms with E-state index in [0.29, 0.717) is 4.99 Å². The molecule has 0 radical (unpaired) electrons. The summed E-state index contributed by atoms with van der Waals surface area (Å²) < 4.78 is 0. The van der Waals surface area contributed by atoms with Crippen LogP contribution in [-0.4, -0.2) is 29.5 Å². The third kappa shape index (κ3) is 2.36. The molecule has 0 spiro atoms. The molecule has 0 aromatic heterocycles. The number of ketones is 1. The summed E-state index contributed by atoms with van der Waals surface area (Å²) in [5, 5.41) is 9.34. The molecule has 90 valence electrons. The minimum atomic E-state index is -0.912. The van der Waals surface area contributed by atoms with Crippen molar-refractivity contribution in [2.45, 2.75) is 12.6 Å². The molecule has 2 rings (SSSR count). The topological polar surface area (TPSA) is 53.2 Å². The lowest BCUT2D eigenvalue weighted by Crippen LogP contribution is -2.62. The van der Waals surface area contributed by atoms with Crippen LogP contribution in [0, 0.1) is 0 Å². The highest BCUT2D eigenvalue weighted by molar-refractivity contribution is 7.80. The van der Waals surface area contributed by atoms with E-state index in [0.717, 1.165) is 18.8 Å². The first kappa shape index (κ1) is 12.2. The molecular weight excluding hydrogens is 234 g/mol. The predicted molar refractivity (Wildman–Crippen MR) is 72.1 cm³/mol. The van der Waals surface area contributed by atoms with Crippen LogP contribution in [0.1, 0.15) is 6.92 Å². The van der Waals surface area contributed by atoms with Gasteiger partial charge in [-0.15, -0.1) is 0 Å². The summed E-state index contributed by atoms with van der Waals surface area (Å²) in [6.07, 6.45) is 0. The Labute approximate surface area is 106 Å². The highest BCUT2D eigenvalue weighted by atomic mass is 32.1. The van der Waals surface area contributed by atoms with Gasteiger partial charge in [-0.2, -0.15) is 0 Å². The number of para-hydroxylation sites is 1. The number of hydrogen-bond acceptors (Lipinski definition) is 4. The summed E-state index contributed by atoms with van der Waals surface area (Å²) in [5.41, 5.74) is -0.0285. The van der Waals surface area contributed by atoms with E-state index in [1.54, 1.807) is 0 Å². The third-order valence-corrected chi connectivity index (χ3v) is 3.21. The van der Waals surface area contributed by atoms with Crippen molar-refractivity contribution in [1.29, 1.82) is 0 Å². The zero-order valence-electron chi connectivity index (χ0n) is 9.62. The van der Waals surface area contributed by atoms with Crippen molar-refractivity contribution in [2.75, 3.05) is 18.4 Å². The third-order valence-electron chi connectivity index (χ3n) is 2.81. The van der Waals surface area contributed by atoms with Gasteiger partial charge >= 0.3 is 0 Å². The fourth-order valence-electron chi connectivity index (χ4n) is 1.88. The molecule has 0 bridgehead atoms. The predicted octanol–water partition coefficient (Wildman–Crippen LogP) is 0.904. The highest BCUT2D eigenvalue weighted by Gasteiger charge is 2.42. The highest BCUT2D eigenvalue weighted by Crippen LogP contribution is 2.14. The summed E-state index contributed by atoms with van der Waals surface area (Å²) in [7, 11) is 0. The second-order valence-corrected chi connectivity index (χ2v) is 4.39. The van der Waals surface area contributed by atoms with E-state index in [-0.39, 0.29) is 5.78 Å². The maximum absolute atomic E-state index is 11.7. The van der Waals surface area contributed by atoms with Crippen molar-refractivity contribution in [3.63, 3.8) is 0 Å². The molecule has 5 heteroatoms. The summed E-state index contributed by atoms with van der Waals surface area (Å²) in [5.74, 6) is -0.0246. The van der Waals surface area contributed by atoms with E-state index in [1.807, 2.05) is 30.3 Å². The van der Waals surface area contributed by atoms with Crippen LogP contribution in [-0.2, 0) is 4.79 Å². The average molecular weight is 249 g/mol. The van der Waals surface area contributed by atoms with Crippen LogP contribution < -0.4 is 16.0 Å². The molecule has 4 nitrogen and oxygen atoms in total. The Morgan fingerprint density at radius 1 is 1.29 bits per heavy atom. The maximum Gasteiger partial charge on any atom is 0.181 e. The Balaban J connectivity index is 2.16. The van der Waals surface area contributed by atoms with Crippen LogP contribution in [0.4, 0.5) is 5.69 Å². The second kappa shape index (κ2) is 4.91. The maximum atomic E-state index is 11.7. The molecule has 0 aliphatic carbocycles. The Kier molecular flexibility index (Phi) is 3.51. The molecule has 0 amide bonds. The van der Waals surface area contributed by atoms with Crippen LogP contribution in [0.2, 0.25) is 0 Å². The van der Waals surface area contributed by atoms with Gasteiger partial charge in [-0.05, 0) is 19.1 Å². The van der Waals surface area contributed by atoms with Crippen molar-refractivity contribution in [3.05, 3.63) is 30.3 Å². The zero-order valence-corrected chi connectivity index (χ0v) is 10.4. The monoisotopic (exact) mass is 249 g/mol. The van der Waals surface area contributed by atoms with Gasteiger partial charge in [-0.3, -0.25) is 15.4 Å². The molecule has 1 saturated heterocycles. The van der Waals surface area contributed by atoms with E-state index in [2.05, 4.69) is 16.0 Å². The first-order valence-corrected chi connectivity index (χ1v) is 5.93. The first-order chi connectivity index (χ1) is 8.15. The molecule has 1 aliphatic heterocycles. The van der Waals surface area contributed by atoms with Crippen molar-refractivity contribution in [2.24, 2.45) is 0 Å². The lowest BCUT2D eigenvalue weighted by Gasteiger charge is -2.28. The minimum absolute atomic E-state index is 0.0246. The van der Waals surface area contributed by atoms with Crippen LogP contribution in [0.25, 0.3) is 0 Å². The van der Waals surface area contributed by atoms with Crippen molar-refractivity contribution >= 4 is 28.7 Å². The molecule has 17 heavy (non-hydrogen) atoms. The van der Waals surface area contributed by atoms with Gasteiger partial charge in [0.15, 0.2) is 11.4 Å². The van der Waals surface area contributed by atoms with E-state index in [9.17, 15) is 4.79 Å². The van der Waals surface area contributed by atoms with Gasteiger partial charge in [0, 0.05) is 18.8 Å². The lowest BCUT2D eigenvalue weighted by atomic mass is 10.1. The van der Waals surface area contributed by atoms with Crippen molar-refractivity contribution in [3.8, 4) is 0 Å². The first-order valence-electron chi connectivity index (χ1n) is 5.53. The number of carbonyl (C=O) groups excluding carboxylic acids is 1. The Hall–Kier alpha value is -1.30. The van der Waals surface area contributed by atoms with Gasteiger partial charge in [0.1, 0.15) is 4.99 Å². The summed E-state index contributed by atoms with van der Waals surface area (Å²) in [6.45, 7) is 3.00. The Morgan fingerprint density at radius 3 is 2.41 bits per heavy atom. The van der Waals surface area contributed by atoms with Gasteiger partial charge in [0.2, 0.25) is 0 Å². The summed E-state index contributed by atoms with van der Waals surface area (Å²) in [4.78, 5) is 12.2. The molecule has 1 aromatic rings. The Morgan fingerprint density at radius 2 is 1.88 bits per heavy atom. The molecule has 1 aliphatic rings. The molecule has 0 saturated carbocycles. The van der Waals surface area contributed by atoms with E-state index in [4.69, 9.17) is 12.2 Å². The van der Waals surface area contributed by atoms with Gasteiger partial charge in [0.25, 0.3) is 0 Å². The molecule has 1 aromatic carbocycles. The van der Waals surface area contributed by atoms with Gasteiger partial charge in [-0.1, -0.05) is 30.4 Å². The van der Waals surface area contributed by atoms with Gasteiger partial charge in [-0.25, -0.2) is 0 Å². The smallest absolute Gasteiger partial charge is 0.181 e. The fraction of sp³-hybridized carbons (Fsp3) is 0.333. The molecular formula is C12H15N3OS. The normalized spacial score (nSPS) is 17.7. The lowest BCUT2D eigenvalue weighted by molar-refractivity contribution is -0.120. The van der Waals surface area contributed by atoms with Crippen molar-refractivity contribution < 1.29 is 4.79 Å². The number of rotatable bonds is 3. The number of anilines is 1. The van der Waals surface area contributed by atoms with Gasteiger partial charge in [0.05, 0.1) is 0 Å². The van der Waals surface area contributed by atoms with Crippen LogP contribution in [0.5, 0.6) is 0 Å². The van der Waals surface area contributed by atoms with Crippen LogP contribution in [0.3, 0.4) is 0 Å². The molecule has 1 heterocycles. The standard InChI is InChI=1S/C12H15N3OS/c1-9(16)12(13-7-8-14-12)11(17)15-10-5-3-2-4-6-10/h2-6,13-14H,7-8H2,1H3,(H,15,17). The number of carbonyl (C=O) groups is 1. The van der Waals surface area contributed by atoms with Crippen molar-refractivity contribution in [1.82, 2.24) is 10.6 Å². The number of Topliss-reactive ketones (excluding diaryl/α,β-unsaturated/α-hetero) is 1. The molecule has 0 atom stereocenters. The quantitative estimate of drug-likeness (QED) is 0.695. The Bertz CT molecular complexity index is 427. The van der Waals surface area contributed by atoms with Crippen LogP contribution >= 0.6 is 12.2 Å². The number of nitrogens with one attached hydrogen (secondary N) is 3. The SMILES string of the molecule is CC(=O)C1(C(=S)Nc2ccccc2)NCCN1. The van der Waals surface area contributed by atoms with E-state index < -0.39 is 5.66 Å². The largest absolute Gasteiger partial charge is 0.347 e. The zero-order chi connectivity index (χ0) is 12.3. The molecule has 1 fully saturated rings. The summed E-state index contributed by atoms with van der Waals surface area (Å²) in [6, 6.07) is 9.59. The van der Waals surface area contributed by atoms with E-state index >= 15 is 0 Å². The minimum Gasteiger partial charge on any atom is -0.347 e. The molecule has 3 N–H and O–H groups in total. The van der Waals surface area contributed by atoms with E-state index in [1.165, 1.54) is 6.92 Å². The van der Waals surface area contributed by atoms with Gasteiger partial charge < -0.3 is 5.32 Å². The number of thiocarbonyl (C=S) groups is 1. The average Bonchev–Trinajstić information content (AvgIpc) is 2.80. The molecule has 0 unspecified atom stereocenters. The van der Waals surface area contributed by atoms with Crippen LogP contribution in [0.15, 0.2) is 30.3 Å². The second-order valence-electron chi connectivity index (χ2n) is 3.98.